The second kappa shape index (κ2) is 7.88. The minimum Gasteiger partial charge on any atom is -0.462 e. The summed E-state index contributed by atoms with van der Waals surface area (Å²) >= 11 is 0. The first-order valence-corrected chi connectivity index (χ1v) is 10.5. The summed E-state index contributed by atoms with van der Waals surface area (Å²) in [4.78, 5) is 27.2. The van der Waals surface area contributed by atoms with Crippen molar-refractivity contribution in [2.45, 2.75) is 51.5 Å². The summed E-state index contributed by atoms with van der Waals surface area (Å²) in [6.45, 7) is 7.56. The van der Waals surface area contributed by atoms with Crippen LogP contribution in [0.4, 0.5) is 0 Å². The number of carbonyl (C=O) groups is 2. The lowest BCUT2D eigenvalue weighted by atomic mass is 9.64. The van der Waals surface area contributed by atoms with Crippen molar-refractivity contribution in [3.05, 3.63) is 71.8 Å². The van der Waals surface area contributed by atoms with Crippen LogP contribution >= 0.6 is 0 Å². The molecule has 0 spiro atoms. The Morgan fingerprint density at radius 2 is 1.47 bits per heavy atom. The Morgan fingerprint density at radius 3 is 1.97 bits per heavy atom. The van der Waals surface area contributed by atoms with Crippen molar-refractivity contribution in [3.63, 3.8) is 0 Å². The van der Waals surface area contributed by atoms with Crippen molar-refractivity contribution < 1.29 is 19.1 Å². The van der Waals surface area contributed by atoms with Crippen LogP contribution in [-0.2, 0) is 19.1 Å². The highest BCUT2D eigenvalue weighted by Crippen LogP contribution is 2.56. The molecule has 0 radical (unpaired) electrons. The summed E-state index contributed by atoms with van der Waals surface area (Å²) in [5.41, 5.74) is 1.48. The molecule has 5 heteroatoms. The van der Waals surface area contributed by atoms with Crippen LogP contribution in [-0.4, -0.2) is 35.1 Å². The van der Waals surface area contributed by atoms with Gasteiger partial charge in [-0.1, -0.05) is 60.7 Å². The average Bonchev–Trinajstić information content (AvgIpc) is 2.71. The fraction of sp³-hybridized carbons (Fsp3) is 0.440. The molecule has 4 rings (SSSR count). The third-order valence-corrected chi connectivity index (χ3v) is 6.52. The molecule has 2 heterocycles. The SMILES string of the molecule is CC(=O)O[C@@H]1[C@H]2COC(C)(C)[C@@H]1[C@@H](c1ccccc1)N(C(C)=O)[C@@H]2c1ccccc1. The molecule has 2 bridgehead atoms. The number of fused-ring (bicyclic) bond motifs is 2. The van der Waals surface area contributed by atoms with E-state index in [1.54, 1.807) is 6.92 Å². The van der Waals surface area contributed by atoms with Crippen LogP contribution < -0.4 is 0 Å². The van der Waals surface area contributed by atoms with Crippen LogP contribution in [0.25, 0.3) is 0 Å². The first kappa shape index (κ1) is 20.6. The number of nitrogens with zero attached hydrogens (tertiary/aromatic N) is 1. The minimum absolute atomic E-state index is 0.00619. The van der Waals surface area contributed by atoms with Crippen molar-refractivity contribution in [2.24, 2.45) is 11.8 Å². The van der Waals surface area contributed by atoms with Crippen LogP contribution in [0.5, 0.6) is 0 Å². The Kier molecular flexibility index (Phi) is 5.41. The summed E-state index contributed by atoms with van der Waals surface area (Å²) in [5.74, 6) is -0.626. The third kappa shape index (κ3) is 3.52. The lowest BCUT2D eigenvalue weighted by molar-refractivity contribution is -0.246. The number of ether oxygens (including phenoxy) is 2. The quantitative estimate of drug-likeness (QED) is 0.712. The van der Waals surface area contributed by atoms with Gasteiger partial charge in [-0.05, 0) is 25.0 Å². The van der Waals surface area contributed by atoms with Gasteiger partial charge in [-0.3, -0.25) is 9.59 Å². The zero-order valence-electron chi connectivity index (χ0n) is 17.9. The molecule has 0 aromatic heterocycles. The molecular formula is C25H29NO4. The van der Waals surface area contributed by atoms with Crippen molar-refractivity contribution in [1.29, 1.82) is 0 Å². The Labute approximate surface area is 178 Å². The van der Waals surface area contributed by atoms with E-state index in [2.05, 4.69) is 0 Å². The van der Waals surface area contributed by atoms with Crippen LogP contribution in [0.15, 0.2) is 60.7 Å². The monoisotopic (exact) mass is 407 g/mol. The number of likely N-dealkylation sites (tertiary alicyclic amines) is 1. The topological polar surface area (TPSA) is 55.8 Å². The molecule has 30 heavy (non-hydrogen) atoms. The number of hydrogen-bond acceptors (Lipinski definition) is 4. The number of rotatable bonds is 3. The summed E-state index contributed by atoms with van der Waals surface area (Å²) in [6, 6.07) is 19.5. The molecule has 0 N–H and O–H groups in total. The van der Waals surface area contributed by atoms with Crippen molar-refractivity contribution in [3.8, 4) is 0 Å². The van der Waals surface area contributed by atoms with Crippen molar-refractivity contribution in [2.75, 3.05) is 6.61 Å². The normalized spacial score (nSPS) is 29.9. The van der Waals surface area contributed by atoms with Crippen molar-refractivity contribution >= 4 is 11.9 Å². The Hall–Kier alpha value is -2.66. The lowest BCUT2D eigenvalue weighted by Gasteiger charge is -2.60. The van der Waals surface area contributed by atoms with Crippen LogP contribution in [0, 0.1) is 11.8 Å². The molecule has 2 saturated heterocycles. The molecule has 158 valence electrons. The molecular weight excluding hydrogens is 378 g/mol. The first-order valence-electron chi connectivity index (χ1n) is 10.5. The van der Waals surface area contributed by atoms with Gasteiger partial charge in [0.15, 0.2) is 0 Å². The predicted molar refractivity (Wildman–Crippen MR) is 113 cm³/mol. The van der Waals surface area contributed by atoms with Gasteiger partial charge in [0.25, 0.3) is 0 Å². The molecule has 2 aliphatic heterocycles. The standard InChI is InChI=1S/C25H29NO4/c1-16(27)26-22(18-11-7-5-8-12-18)20-15-29-25(3,4)21(24(20)30-17(2)28)23(26)19-13-9-6-10-14-19/h5-14,20-24H,15H2,1-4H3/t20-,21+,22+,23+,24+/m0/s1. The van der Waals surface area contributed by atoms with Gasteiger partial charge in [0.05, 0.1) is 24.3 Å². The molecule has 2 fully saturated rings. The van der Waals surface area contributed by atoms with Gasteiger partial charge in [-0.2, -0.15) is 0 Å². The van der Waals surface area contributed by atoms with Gasteiger partial charge in [0, 0.05) is 25.7 Å². The van der Waals surface area contributed by atoms with Crippen LogP contribution in [0.2, 0.25) is 0 Å². The highest BCUT2D eigenvalue weighted by atomic mass is 16.6. The van der Waals surface area contributed by atoms with E-state index < -0.39 is 5.60 Å². The molecule has 0 aliphatic carbocycles. The van der Waals surface area contributed by atoms with Gasteiger partial charge < -0.3 is 14.4 Å². The molecule has 0 saturated carbocycles. The Morgan fingerprint density at radius 1 is 0.933 bits per heavy atom. The Bertz CT molecular complexity index is 911. The lowest BCUT2D eigenvalue weighted by Crippen LogP contribution is -2.65. The molecule has 1 amide bonds. The smallest absolute Gasteiger partial charge is 0.302 e. The van der Waals surface area contributed by atoms with Crippen molar-refractivity contribution in [1.82, 2.24) is 4.90 Å². The number of amides is 1. The summed E-state index contributed by atoms with van der Waals surface area (Å²) in [5, 5.41) is 0. The second-order valence-electron chi connectivity index (χ2n) is 8.82. The second-order valence-corrected chi connectivity index (χ2v) is 8.82. The number of carbonyl (C=O) groups excluding carboxylic acids is 2. The molecule has 2 aliphatic rings. The maximum Gasteiger partial charge on any atom is 0.302 e. The van der Waals surface area contributed by atoms with Gasteiger partial charge in [0.1, 0.15) is 6.10 Å². The third-order valence-electron chi connectivity index (χ3n) is 6.52. The number of benzene rings is 2. The highest BCUT2D eigenvalue weighted by Gasteiger charge is 2.60. The van der Waals surface area contributed by atoms with Crippen LogP contribution in [0.3, 0.4) is 0 Å². The first-order chi connectivity index (χ1) is 14.3. The summed E-state index contributed by atoms with van der Waals surface area (Å²) in [6.07, 6.45) is -0.350. The number of piperidine rings is 1. The number of esters is 1. The fourth-order valence-electron chi connectivity index (χ4n) is 5.37. The van der Waals surface area contributed by atoms with Gasteiger partial charge in [0.2, 0.25) is 5.91 Å². The molecule has 5 nitrogen and oxygen atoms in total. The van der Waals surface area contributed by atoms with Gasteiger partial charge in [-0.25, -0.2) is 0 Å². The maximum atomic E-state index is 13.1. The molecule has 2 aromatic rings. The zero-order valence-corrected chi connectivity index (χ0v) is 17.9. The van der Waals surface area contributed by atoms with E-state index in [-0.39, 0.29) is 41.9 Å². The maximum absolute atomic E-state index is 13.1. The largest absolute Gasteiger partial charge is 0.462 e. The highest BCUT2D eigenvalue weighted by molar-refractivity contribution is 5.75. The predicted octanol–water partition coefficient (Wildman–Crippen LogP) is 4.30. The van der Waals surface area contributed by atoms with E-state index in [1.165, 1.54) is 6.92 Å². The Balaban J connectivity index is 1.94. The van der Waals surface area contributed by atoms with E-state index in [1.807, 2.05) is 79.4 Å². The summed E-state index contributed by atoms with van der Waals surface area (Å²) < 4.78 is 12.3. The van der Waals surface area contributed by atoms with E-state index in [9.17, 15) is 9.59 Å². The van der Waals surface area contributed by atoms with E-state index in [4.69, 9.17) is 9.47 Å². The molecule has 5 atom stereocenters. The van der Waals surface area contributed by atoms with Gasteiger partial charge in [-0.15, -0.1) is 0 Å². The van der Waals surface area contributed by atoms with E-state index in [0.717, 1.165) is 11.1 Å². The minimum atomic E-state index is -0.563. The summed E-state index contributed by atoms with van der Waals surface area (Å²) in [7, 11) is 0. The van der Waals surface area contributed by atoms with E-state index in [0.29, 0.717) is 6.61 Å². The van der Waals surface area contributed by atoms with Crippen LogP contribution in [0.1, 0.15) is 50.9 Å². The fourth-order valence-corrected chi connectivity index (χ4v) is 5.37. The van der Waals surface area contributed by atoms with E-state index >= 15 is 0 Å². The zero-order chi connectivity index (χ0) is 21.5. The number of hydrogen-bond donors (Lipinski definition) is 0. The van der Waals surface area contributed by atoms with Gasteiger partial charge >= 0.3 is 5.97 Å². The average molecular weight is 408 g/mol. The molecule has 2 aromatic carbocycles. The molecule has 0 unspecified atom stereocenters.